The molecule has 0 aliphatic carbocycles. The van der Waals surface area contributed by atoms with Crippen LogP contribution in [0.2, 0.25) is 0 Å². The normalized spacial score (nSPS) is 11.3. The van der Waals surface area contributed by atoms with Crippen molar-refractivity contribution < 1.29 is 0 Å². The summed E-state index contributed by atoms with van der Waals surface area (Å²) in [5.74, 6) is 0.506. The van der Waals surface area contributed by atoms with Crippen LogP contribution in [0.15, 0.2) is 194 Å². The number of hydrogen-bond acceptors (Lipinski definition) is 4. The summed E-state index contributed by atoms with van der Waals surface area (Å²) in [4.78, 5) is 9.89. The summed E-state index contributed by atoms with van der Waals surface area (Å²) in [6, 6.07) is 70.8. The lowest BCUT2D eigenvalue weighted by Crippen LogP contribution is -2.01. The van der Waals surface area contributed by atoms with Crippen LogP contribution in [0.4, 0.5) is 0 Å². The zero-order chi connectivity index (χ0) is 40.2. The molecule has 0 atom stereocenters. The van der Waals surface area contributed by atoms with E-state index in [4.69, 9.17) is 9.97 Å². The monoisotopic (exact) mass is 764 g/mol. The Morgan fingerprint density at radius 3 is 1.67 bits per heavy atom. The van der Waals surface area contributed by atoms with Gasteiger partial charge in [0, 0.05) is 49.6 Å². The van der Waals surface area contributed by atoms with Crippen molar-refractivity contribution in [3.63, 3.8) is 0 Å². The van der Waals surface area contributed by atoms with Crippen molar-refractivity contribution in [1.82, 2.24) is 19.1 Å². The van der Waals surface area contributed by atoms with E-state index in [2.05, 4.69) is 130 Å². The quantitative estimate of drug-likeness (QED) is 0.169. The van der Waals surface area contributed by atoms with Crippen molar-refractivity contribution in [1.29, 1.82) is 10.5 Å². The molecule has 11 aromatic rings. The Bertz CT molecular complexity index is 3540. The van der Waals surface area contributed by atoms with E-state index in [1.807, 2.05) is 84.9 Å². The molecule has 0 aliphatic rings. The van der Waals surface area contributed by atoms with Crippen LogP contribution in [0, 0.1) is 22.7 Å². The molecule has 6 heteroatoms. The predicted octanol–water partition coefficient (Wildman–Crippen LogP) is 13.1. The molecule has 278 valence electrons. The molecule has 0 saturated heterocycles. The number of hydrogen-bond donors (Lipinski definition) is 0. The Kier molecular flexibility index (Phi) is 8.15. The maximum atomic E-state index is 10.8. The van der Waals surface area contributed by atoms with Crippen LogP contribution >= 0.6 is 0 Å². The Labute approximate surface area is 345 Å². The molecule has 0 amide bonds. The molecular weight excluding hydrogens is 733 g/mol. The highest BCUT2D eigenvalue weighted by Gasteiger charge is 2.23. The Hall–Kier alpha value is -8.58. The summed E-state index contributed by atoms with van der Waals surface area (Å²) in [5, 5.41) is 26.0. The summed E-state index contributed by atoms with van der Waals surface area (Å²) >= 11 is 0. The molecule has 60 heavy (non-hydrogen) atoms. The third-order valence-electron chi connectivity index (χ3n) is 11.4. The second-order valence-corrected chi connectivity index (χ2v) is 14.8. The zero-order valence-electron chi connectivity index (χ0n) is 32.2. The molecular formula is C54H32N6. The Balaban J connectivity index is 1.13. The molecule has 0 bridgehead atoms. The summed E-state index contributed by atoms with van der Waals surface area (Å²) in [6.45, 7) is 0. The number of nitriles is 2. The minimum Gasteiger partial charge on any atom is -0.309 e. The van der Waals surface area contributed by atoms with Crippen molar-refractivity contribution in [2.75, 3.05) is 0 Å². The van der Waals surface area contributed by atoms with Crippen LogP contribution in [0.1, 0.15) is 11.1 Å². The minimum absolute atomic E-state index is 0.353. The van der Waals surface area contributed by atoms with Gasteiger partial charge in [-0.1, -0.05) is 146 Å². The van der Waals surface area contributed by atoms with Crippen molar-refractivity contribution in [3.05, 3.63) is 205 Å². The van der Waals surface area contributed by atoms with Crippen LogP contribution in [0.25, 0.3) is 100 Å². The Morgan fingerprint density at radius 1 is 0.400 bits per heavy atom. The van der Waals surface area contributed by atoms with Crippen molar-refractivity contribution in [3.8, 4) is 68.5 Å². The number of nitrogens with zero attached hydrogens (tertiary/aromatic N) is 6. The van der Waals surface area contributed by atoms with Gasteiger partial charge in [-0.3, -0.25) is 0 Å². The van der Waals surface area contributed by atoms with E-state index in [9.17, 15) is 10.5 Å². The number of fused-ring (bicyclic) bond motifs is 7. The summed E-state index contributed by atoms with van der Waals surface area (Å²) in [7, 11) is 0. The minimum atomic E-state index is 0.353. The lowest BCUT2D eigenvalue weighted by atomic mass is 9.94. The van der Waals surface area contributed by atoms with Gasteiger partial charge in [0.05, 0.1) is 45.1 Å². The largest absolute Gasteiger partial charge is 0.309 e. The topological polar surface area (TPSA) is 83.2 Å². The first-order valence-corrected chi connectivity index (χ1v) is 19.8. The van der Waals surface area contributed by atoms with Gasteiger partial charge in [-0.05, 0) is 59.7 Å². The Morgan fingerprint density at radius 2 is 0.983 bits per heavy atom. The third kappa shape index (κ3) is 5.48. The lowest BCUT2D eigenvalue weighted by molar-refractivity contribution is 1.17. The van der Waals surface area contributed by atoms with Gasteiger partial charge >= 0.3 is 0 Å². The van der Waals surface area contributed by atoms with E-state index in [0.717, 1.165) is 66.5 Å². The predicted molar refractivity (Wildman–Crippen MR) is 242 cm³/mol. The first-order valence-electron chi connectivity index (χ1n) is 19.8. The van der Waals surface area contributed by atoms with E-state index in [0.29, 0.717) is 33.9 Å². The standard InChI is InChI=1S/C54H32N6/c55-33-39-31-38(52-46(34-56)51(35-15-5-1-6-16-35)57-54(58-52)36-17-7-2-8-18-36)26-27-42(39)37-25-28-43-44-29-30-48-50(53(44)60(49(43)32-37)41-21-11-4-12-22-41)45-23-13-14-24-47(45)59(48)40-19-9-3-10-20-40/h1-32H. The fraction of sp³-hybridized carbons (Fsp3) is 0. The van der Waals surface area contributed by atoms with Crippen LogP contribution < -0.4 is 0 Å². The molecule has 0 saturated carbocycles. The second kappa shape index (κ2) is 14.1. The number of para-hydroxylation sites is 3. The fourth-order valence-electron chi connectivity index (χ4n) is 8.76. The van der Waals surface area contributed by atoms with E-state index in [-0.39, 0.29) is 0 Å². The van der Waals surface area contributed by atoms with Crippen molar-refractivity contribution in [2.45, 2.75) is 0 Å². The molecule has 0 fully saturated rings. The van der Waals surface area contributed by atoms with Gasteiger partial charge < -0.3 is 9.13 Å². The van der Waals surface area contributed by atoms with E-state index in [1.165, 1.54) is 10.8 Å². The van der Waals surface area contributed by atoms with Crippen molar-refractivity contribution in [2.24, 2.45) is 0 Å². The highest BCUT2D eigenvalue weighted by Crippen LogP contribution is 2.43. The lowest BCUT2D eigenvalue weighted by Gasteiger charge is -2.14. The van der Waals surface area contributed by atoms with Gasteiger partial charge in [0.15, 0.2) is 5.82 Å². The molecule has 0 N–H and O–H groups in total. The molecule has 8 aromatic carbocycles. The molecule has 0 unspecified atom stereocenters. The molecule has 6 nitrogen and oxygen atoms in total. The van der Waals surface area contributed by atoms with Crippen LogP contribution in [-0.2, 0) is 0 Å². The highest BCUT2D eigenvalue weighted by molar-refractivity contribution is 6.26. The number of rotatable bonds is 6. The van der Waals surface area contributed by atoms with Gasteiger partial charge in [0.2, 0.25) is 0 Å². The van der Waals surface area contributed by atoms with Crippen LogP contribution in [0.5, 0.6) is 0 Å². The molecule has 11 rings (SSSR count). The average Bonchev–Trinajstić information content (AvgIpc) is 3.84. The number of benzene rings is 8. The first kappa shape index (κ1) is 34.7. The fourth-order valence-corrected chi connectivity index (χ4v) is 8.76. The molecule has 3 heterocycles. The van der Waals surface area contributed by atoms with Gasteiger partial charge in [-0.2, -0.15) is 10.5 Å². The van der Waals surface area contributed by atoms with Gasteiger partial charge in [0.25, 0.3) is 0 Å². The zero-order valence-corrected chi connectivity index (χ0v) is 32.2. The van der Waals surface area contributed by atoms with Crippen molar-refractivity contribution >= 4 is 43.6 Å². The smallest absolute Gasteiger partial charge is 0.160 e. The molecule has 0 radical (unpaired) electrons. The number of aromatic nitrogens is 4. The molecule has 0 spiro atoms. The van der Waals surface area contributed by atoms with E-state index >= 15 is 0 Å². The van der Waals surface area contributed by atoms with Gasteiger partial charge in [0.1, 0.15) is 11.6 Å². The molecule has 0 aliphatic heterocycles. The van der Waals surface area contributed by atoms with Gasteiger partial charge in [-0.25, -0.2) is 9.97 Å². The van der Waals surface area contributed by atoms with Crippen LogP contribution in [0.3, 0.4) is 0 Å². The van der Waals surface area contributed by atoms with Crippen LogP contribution in [-0.4, -0.2) is 19.1 Å². The summed E-state index contributed by atoms with van der Waals surface area (Å²) < 4.78 is 4.72. The summed E-state index contributed by atoms with van der Waals surface area (Å²) in [6.07, 6.45) is 0. The maximum absolute atomic E-state index is 10.8. The average molecular weight is 765 g/mol. The maximum Gasteiger partial charge on any atom is 0.160 e. The second-order valence-electron chi connectivity index (χ2n) is 14.8. The summed E-state index contributed by atoms with van der Waals surface area (Å²) in [5.41, 5.74) is 12.5. The third-order valence-corrected chi connectivity index (χ3v) is 11.4. The first-order chi connectivity index (χ1) is 29.7. The molecule has 3 aromatic heterocycles. The van der Waals surface area contributed by atoms with E-state index in [1.54, 1.807) is 0 Å². The SMILES string of the molecule is N#Cc1cc(-c2nc(-c3ccccc3)nc(-c3ccccc3)c2C#N)ccc1-c1ccc2c3ccc4c(c5ccccc5n4-c4ccccc4)c3n(-c3ccccc3)c2c1. The highest BCUT2D eigenvalue weighted by atomic mass is 15.0. The van der Waals surface area contributed by atoms with Gasteiger partial charge in [-0.15, -0.1) is 0 Å². The van der Waals surface area contributed by atoms with E-state index < -0.39 is 0 Å².